The molecule has 1 aliphatic heterocycles. The van der Waals surface area contributed by atoms with Crippen molar-refractivity contribution < 1.29 is 22.8 Å². The Labute approximate surface area is 168 Å². The molecule has 2 aromatic carbocycles. The number of benzene rings is 2. The van der Waals surface area contributed by atoms with Crippen LogP contribution >= 0.6 is 0 Å². The average Bonchev–Trinajstić information content (AvgIpc) is 3.18. The zero-order valence-corrected chi connectivity index (χ0v) is 16.8. The Hall–Kier alpha value is -2.64. The van der Waals surface area contributed by atoms with E-state index >= 15 is 0 Å². The fourth-order valence-electron chi connectivity index (χ4n) is 3.34. The van der Waals surface area contributed by atoms with Gasteiger partial charge in [0.1, 0.15) is 11.6 Å². The standard InChI is InChI=1S/C22H22BF2NO3/c1-6-14-15-9-10-26-19(15)12-18(25)20(14)27-13-7-8-17(24)16(11-13)23-28-21(2,3)22(4,5)29-23/h6-12,26H,1H2,2-5H3. The number of hydrogen-bond acceptors (Lipinski definition) is 3. The summed E-state index contributed by atoms with van der Waals surface area (Å²) < 4.78 is 47.0. The van der Waals surface area contributed by atoms with Crippen molar-refractivity contribution >= 4 is 29.6 Å². The minimum Gasteiger partial charge on any atom is -0.454 e. The van der Waals surface area contributed by atoms with Gasteiger partial charge in [-0.25, -0.2) is 8.78 Å². The lowest BCUT2D eigenvalue weighted by atomic mass is 9.78. The zero-order valence-electron chi connectivity index (χ0n) is 16.8. The van der Waals surface area contributed by atoms with Crippen LogP contribution in [-0.4, -0.2) is 23.3 Å². The van der Waals surface area contributed by atoms with E-state index in [-0.39, 0.29) is 17.0 Å². The average molecular weight is 397 g/mol. The third-order valence-corrected chi connectivity index (χ3v) is 5.70. The van der Waals surface area contributed by atoms with Crippen LogP contribution in [0.1, 0.15) is 33.3 Å². The molecule has 3 aromatic rings. The van der Waals surface area contributed by atoms with E-state index in [0.717, 1.165) is 5.39 Å². The maximum absolute atomic E-state index is 14.7. The highest BCUT2D eigenvalue weighted by Crippen LogP contribution is 2.38. The van der Waals surface area contributed by atoms with Crippen molar-refractivity contribution in [3.8, 4) is 11.5 Å². The van der Waals surface area contributed by atoms with Gasteiger partial charge in [0, 0.05) is 34.2 Å². The van der Waals surface area contributed by atoms with Gasteiger partial charge in [-0.05, 0) is 52.0 Å². The van der Waals surface area contributed by atoms with Gasteiger partial charge in [0.15, 0.2) is 11.6 Å². The van der Waals surface area contributed by atoms with Crippen molar-refractivity contribution in [2.24, 2.45) is 0 Å². The third kappa shape index (κ3) is 3.24. The topological polar surface area (TPSA) is 43.5 Å². The van der Waals surface area contributed by atoms with Gasteiger partial charge in [-0.3, -0.25) is 0 Å². The van der Waals surface area contributed by atoms with Gasteiger partial charge < -0.3 is 19.0 Å². The van der Waals surface area contributed by atoms with Crippen molar-refractivity contribution in [2.75, 3.05) is 0 Å². The second-order valence-electron chi connectivity index (χ2n) is 8.12. The van der Waals surface area contributed by atoms with Crippen molar-refractivity contribution in [2.45, 2.75) is 38.9 Å². The van der Waals surface area contributed by atoms with Crippen molar-refractivity contribution in [3.63, 3.8) is 0 Å². The first-order valence-electron chi connectivity index (χ1n) is 9.38. The number of hydrogen-bond donors (Lipinski definition) is 1. The molecule has 1 aliphatic rings. The van der Waals surface area contributed by atoms with E-state index < -0.39 is 30.0 Å². The molecule has 0 aliphatic carbocycles. The van der Waals surface area contributed by atoms with Crippen LogP contribution in [-0.2, 0) is 9.31 Å². The summed E-state index contributed by atoms with van der Waals surface area (Å²) in [6.45, 7) is 11.3. The number of halogens is 2. The molecule has 1 aromatic heterocycles. The number of fused-ring (bicyclic) bond motifs is 1. The Bertz CT molecular complexity index is 1090. The largest absolute Gasteiger partial charge is 0.497 e. The number of H-pyrrole nitrogens is 1. The Morgan fingerprint density at radius 1 is 1.03 bits per heavy atom. The monoisotopic (exact) mass is 397 g/mol. The Morgan fingerprint density at radius 3 is 2.38 bits per heavy atom. The Kier molecular flexibility index (Phi) is 4.55. The van der Waals surface area contributed by atoms with Crippen molar-refractivity contribution in [3.05, 3.63) is 60.3 Å². The van der Waals surface area contributed by atoms with Crippen LogP contribution in [0, 0.1) is 11.6 Å². The molecule has 0 unspecified atom stereocenters. The van der Waals surface area contributed by atoms with Crippen LogP contribution < -0.4 is 10.2 Å². The maximum Gasteiger partial charge on any atom is 0.497 e. The molecule has 1 N–H and O–H groups in total. The van der Waals surface area contributed by atoms with Gasteiger partial charge in [-0.2, -0.15) is 0 Å². The summed E-state index contributed by atoms with van der Waals surface area (Å²) in [4.78, 5) is 2.97. The third-order valence-electron chi connectivity index (χ3n) is 5.70. The van der Waals surface area contributed by atoms with E-state index in [2.05, 4.69) is 11.6 Å². The molecule has 4 nitrogen and oxygen atoms in total. The second-order valence-corrected chi connectivity index (χ2v) is 8.12. The number of aromatic amines is 1. The molecular formula is C22H22BF2NO3. The van der Waals surface area contributed by atoms with Gasteiger partial charge in [0.05, 0.1) is 11.2 Å². The lowest BCUT2D eigenvalue weighted by molar-refractivity contribution is 0.00578. The molecule has 0 spiro atoms. The number of ether oxygens (including phenoxy) is 1. The molecule has 1 saturated heterocycles. The predicted octanol–water partition coefficient (Wildman–Crippen LogP) is 5.18. The van der Waals surface area contributed by atoms with Gasteiger partial charge in [0.25, 0.3) is 0 Å². The lowest BCUT2D eigenvalue weighted by Gasteiger charge is -2.32. The van der Waals surface area contributed by atoms with E-state index in [4.69, 9.17) is 14.0 Å². The molecule has 0 saturated carbocycles. The Morgan fingerprint density at radius 2 is 1.72 bits per heavy atom. The fourth-order valence-corrected chi connectivity index (χ4v) is 3.34. The zero-order chi connectivity index (χ0) is 21.0. The van der Waals surface area contributed by atoms with Crippen LogP contribution in [0.25, 0.3) is 17.0 Å². The predicted molar refractivity (Wildman–Crippen MR) is 111 cm³/mol. The SMILES string of the molecule is C=Cc1c(Oc2ccc(F)c(B3OC(C)(C)C(C)(C)O3)c2)c(F)cc2[nH]ccc12. The molecular weight excluding hydrogens is 375 g/mol. The maximum atomic E-state index is 14.7. The first-order chi connectivity index (χ1) is 13.6. The van der Waals surface area contributed by atoms with E-state index in [9.17, 15) is 8.78 Å². The first kappa shape index (κ1) is 19.7. The first-order valence-corrected chi connectivity index (χ1v) is 9.38. The van der Waals surface area contributed by atoms with Gasteiger partial charge in [0.2, 0.25) is 0 Å². The van der Waals surface area contributed by atoms with Gasteiger partial charge >= 0.3 is 7.12 Å². The van der Waals surface area contributed by atoms with Gasteiger partial charge in [-0.1, -0.05) is 12.7 Å². The molecule has 4 rings (SSSR count). The highest BCUT2D eigenvalue weighted by molar-refractivity contribution is 6.62. The van der Waals surface area contributed by atoms with Gasteiger partial charge in [-0.15, -0.1) is 0 Å². The quantitative estimate of drug-likeness (QED) is 0.617. The molecule has 0 amide bonds. The van der Waals surface area contributed by atoms with Crippen molar-refractivity contribution in [1.29, 1.82) is 0 Å². The summed E-state index contributed by atoms with van der Waals surface area (Å²) >= 11 is 0. The second kappa shape index (κ2) is 6.71. The number of rotatable bonds is 4. The van der Waals surface area contributed by atoms with Crippen LogP contribution in [0.5, 0.6) is 11.5 Å². The van der Waals surface area contributed by atoms with E-state index in [0.29, 0.717) is 11.1 Å². The van der Waals surface area contributed by atoms with E-state index in [1.54, 1.807) is 6.20 Å². The molecule has 150 valence electrons. The fraction of sp³-hybridized carbons (Fsp3) is 0.273. The highest BCUT2D eigenvalue weighted by atomic mass is 19.1. The smallest absolute Gasteiger partial charge is 0.454 e. The van der Waals surface area contributed by atoms with Crippen LogP contribution in [0.3, 0.4) is 0 Å². The molecule has 0 bridgehead atoms. The minimum absolute atomic E-state index is 0.0265. The minimum atomic E-state index is -0.889. The summed E-state index contributed by atoms with van der Waals surface area (Å²) in [5.41, 5.74) is 0.138. The Balaban J connectivity index is 1.72. The summed E-state index contributed by atoms with van der Waals surface area (Å²) in [5, 5.41) is 0.782. The summed E-state index contributed by atoms with van der Waals surface area (Å²) in [5.74, 6) is -0.732. The molecule has 7 heteroatoms. The summed E-state index contributed by atoms with van der Waals surface area (Å²) in [6, 6.07) is 7.36. The molecule has 0 radical (unpaired) electrons. The van der Waals surface area contributed by atoms with Crippen LogP contribution in [0.4, 0.5) is 8.78 Å². The number of nitrogens with one attached hydrogen (secondary N) is 1. The molecule has 1 fully saturated rings. The van der Waals surface area contributed by atoms with E-state index in [1.165, 1.54) is 30.3 Å². The van der Waals surface area contributed by atoms with Crippen LogP contribution in [0.2, 0.25) is 0 Å². The molecule has 2 heterocycles. The van der Waals surface area contributed by atoms with E-state index in [1.807, 2.05) is 33.8 Å². The van der Waals surface area contributed by atoms with Crippen LogP contribution in [0.15, 0.2) is 43.1 Å². The summed E-state index contributed by atoms with van der Waals surface area (Å²) in [6.07, 6.45) is 3.25. The summed E-state index contributed by atoms with van der Waals surface area (Å²) in [7, 11) is -0.889. The number of aromatic nitrogens is 1. The lowest BCUT2D eigenvalue weighted by Crippen LogP contribution is -2.41. The molecule has 0 atom stereocenters. The molecule has 29 heavy (non-hydrogen) atoms. The normalized spacial score (nSPS) is 17.7. The van der Waals surface area contributed by atoms with Crippen molar-refractivity contribution in [1.82, 2.24) is 4.98 Å². The highest BCUT2D eigenvalue weighted by Gasteiger charge is 2.52.